The van der Waals surface area contributed by atoms with Crippen molar-refractivity contribution in [3.63, 3.8) is 0 Å². The topological polar surface area (TPSA) is 71.3 Å². The number of anilines is 1. The Hall–Kier alpha value is -1.31. The highest BCUT2D eigenvalue weighted by molar-refractivity contribution is 9.10. The van der Waals surface area contributed by atoms with Crippen molar-refractivity contribution in [3.05, 3.63) is 46.7 Å². The Morgan fingerprint density at radius 3 is 2.67 bits per heavy atom. The van der Waals surface area contributed by atoms with Crippen LogP contribution in [-0.4, -0.2) is 18.1 Å². The molecule has 7 heteroatoms. The first-order valence-corrected chi connectivity index (χ1v) is 8.83. The molecule has 114 valence electrons. The molecule has 0 spiro atoms. The second-order valence-corrected chi connectivity index (χ2v) is 7.14. The first kappa shape index (κ1) is 16.1. The standard InChI is InChI=1S/C14H17BrN2O3S/c1-2-7-17-9-12(8-11(17)10-18)21(19,20)16-14-6-4-3-5-13(14)15/h3-6,8-9,16,18H,2,7,10H2,1H3. The zero-order chi connectivity index (χ0) is 15.5. The van der Waals surface area contributed by atoms with Gasteiger partial charge in [-0.2, -0.15) is 0 Å². The Labute approximate surface area is 132 Å². The summed E-state index contributed by atoms with van der Waals surface area (Å²) in [7, 11) is -3.68. The maximum Gasteiger partial charge on any atom is 0.263 e. The number of para-hydroxylation sites is 1. The SMILES string of the molecule is CCCn1cc(S(=O)(=O)Nc2ccccc2Br)cc1CO. The van der Waals surface area contributed by atoms with Gasteiger partial charge in [0, 0.05) is 22.9 Å². The molecule has 1 aromatic carbocycles. The first-order chi connectivity index (χ1) is 9.97. The van der Waals surface area contributed by atoms with Crippen LogP contribution in [0.15, 0.2) is 45.9 Å². The fraction of sp³-hybridized carbons (Fsp3) is 0.286. The van der Waals surface area contributed by atoms with Gasteiger partial charge in [-0.05, 0) is 40.5 Å². The van der Waals surface area contributed by atoms with Gasteiger partial charge in [0.1, 0.15) is 4.90 Å². The van der Waals surface area contributed by atoms with Crippen molar-refractivity contribution in [1.29, 1.82) is 0 Å². The zero-order valence-corrected chi connectivity index (χ0v) is 14.0. The Kier molecular flexibility index (Phi) is 5.08. The van der Waals surface area contributed by atoms with Crippen molar-refractivity contribution < 1.29 is 13.5 Å². The smallest absolute Gasteiger partial charge is 0.263 e. The summed E-state index contributed by atoms with van der Waals surface area (Å²) >= 11 is 3.31. The fourth-order valence-corrected chi connectivity index (χ4v) is 3.66. The number of aliphatic hydroxyl groups excluding tert-OH is 1. The number of aryl methyl sites for hydroxylation is 1. The van der Waals surface area contributed by atoms with E-state index < -0.39 is 10.0 Å². The largest absolute Gasteiger partial charge is 0.390 e. The summed E-state index contributed by atoms with van der Waals surface area (Å²) in [6, 6.07) is 8.50. The van der Waals surface area contributed by atoms with Gasteiger partial charge in [-0.25, -0.2) is 8.42 Å². The zero-order valence-electron chi connectivity index (χ0n) is 11.6. The van der Waals surface area contributed by atoms with Crippen LogP contribution >= 0.6 is 15.9 Å². The number of aromatic nitrogens is 1. The van der Waals surface area contributed by atoms with Gasteiger partial charge in [0.2, 0.25) is 0 Å². The monoisotopic (exact) mass is 372 g/mol. The summed E-state index contributed by atoms with van der Waals surface area (Å²) < 4.78 is 29.8. The molecule has 2 N–H and O–H groups in total. The van der Waals surface area contributed by atoms with Crippen molar-refractivity contribution in [1.82, 2.24) is 4.57 Å². The van der Waals surface area contributed by atoms with Crippen LogP contribution in [0.3, 0.4) is 0 Å². The van der Waals surface area contributed by atoms with E-state index in [1.807, 2.05) is 13.0 Å². The lowest BCUT2D eigenvalue weighted by molar-refractivity contribution is 0.270. The first-order valence-electron chi connectivity index (χ1n) is 6.55. The molecule has 0 aliphatic rings. The average Bonchev–Trinajstić information content (AvgIpc) is 2.86. The van der Waals surface area contributed by atoms with Crippen LogP contribution in [0.1, 0.15) is 19.0 Å². The van der Waals surface area contributed by atoms with Crippen LogP contribution < -0.4 is 4.72 Å². The number of benzene rings is 1. The third-order valence-electron chi connectivity index (χ3n) is 3.02. The number of hydrogen-bond donors (Lipinski definition) is 2. The van der Waals surface area contributed by atoms with Crippen LogP contribution in [0.4, 0.5) is 5.69 Å². The molecule has 0 saturated carbocycles. The van der Waals surface area contributed by atoms with Gasteiger partial charge in [-0.1, -0.05) is 19.1 Å². The summed E-state index contributed by atoms with van der Waals surface area (Å²) in [5.41, 5.74) is 1.07. The molecule has 2 rings (SSSR count). The molecule has 0 saturated heterocycles. The Morgan fingerprint density at radius 2 is 2.05 bits per heavy atom. The molecule has 5 nitrogen and oxygen atoms in total. The minimum Gasteiger partial charge on any atom is -0.390 e. The lowest BCUT2D eigenvalue weighted by Gasteiger charge is -2.08. The summed E-state index contributed by atoms with van der Waals surface area (Å²) in [5, 5.41) is 9.31. The lowest BCUT2D eigenvalue weighted by Crippen LogP contribution is -2.12. The maximum absolute atomic E-state index is 12.4. The molecule has 0 radical (unpaired) electrons. The van der Waals surface area contributed by atoms with Crippen LogP contribution in [0.25, 0.3) is 0 Å². The van der Waals surface area contributed by atoms with Crippen molar-refractivity contribution >= 4 is 31.6 Å². The lowest BCUT2D eigenvalue weighted by atomic mass is 10.3. The van der Waals surface area contributed by atoms with E-state index in [0.29, 0.717) is 22.4 Å². The van der Waals surface area contributed by atoms with E-state index in [9.17, 15) is 13.5 Å². The second kappa shape index (κ2) is 6.64. The van der Waals surface area contributed by atoms with Crippen molar-refractivity contribution in [2.24, 2.45) is 0 Å². The molecule has 1 aromatic heterocycles. The number of sulfonamides is 1. The predicted octanol–water partition coefficient (Wildman–Crippen LogP) is 2.95. The number of hydrogen-bond acceptors (Lipinski definition) is 3. The normalized spacial score (nSPS) is 11.6. The Balaban J connectivity index is 2.34. The third-order valence-corrected chi connectivity index (χ3v) is 5.04. The molecule has 1 heterocycles. The summed E-state index contributed by atoms with van der Waals surface area (Å²) in [6.45, 7) is 2.47. The molecule has 0 aliphatic heterocycles. The number of halogens is 1. The van der Waals surface area contributed by atoms with E-state index >= 15 is 0 Å². The van der Waals surface area contributed by atoms with Crippen molar-refractivity contribution in [2.75, 3.05) is 4.72 Å². The van der Waals surface area contributed by atoms with E-state index in [0.717, 1.165) is 6.42 Å². The summed E-state index contributed by atoms with van der Waals surface area (Å²) in [6.07, 6.45) is 2.41. The molecular formula is C14H17BrN2O3S. The van der Waals surface area contributed by atoms with Crippen LogP contribution in [0, 0.1) is 0 Å². The molecule has 21 heavy (non-hydrogen) atoms. The van der Waals surface area contributed by atoms with Crippen molar-refractivity contribution in [3.8, 4) is 0 Å². The Bertz CT molecular complexity index is 726. The highest BCUT2D eigenvalue weighted by Crippen LogP contribution is 2.25. The summed E-state index contributed by atoms with van der Waals surface area (Å²) in [4.78, 5) is 0.149. The average molecular weight is 373 g/mol. The van der Waals surface area contributed by atoms with Crippen LogP contribution in [0.5, 0.6) is 0 Å². The minimum atomic E-state index is -3.68. The van der Waals surface area contributed by atoms with E-state index in [-0.39, 0.29) is 11.5 Å². The van der Waals surface area contributed by atoms with E-state index in [2.05, 4.69) is 20.7 Å². The van der Waals surface area contributed by atoms with E-state index in [1.165, 1.54) is 6.07 Å². The van der Waals surface area contributed by atoms with E-state index in [4.69, 9.17) is 0 Å². The quantitative estimate of drug-likeness (QED) is 0.818. The molecule has 0 amide bonds. The fourth-order valence-electron chi connectivity index (χ4n) is 2.00. The molecule has 0 atom stereocenters. The highest BCUT2D eigenvalue weighted by atomic mass is 79.9. The summed E-state index contributed by atoms with van der Waals surface area (Å²) in [5.74, 6) is 0. The van der Waals surface area contributed by atoms with Gasteiger partial charge in [-0.3, -0.25) is 4.72 Å². The van der Waals surface area contributed by atoms with Gasteiger partial charge < -0.3 is 9.67 Å². The number of nitrogens with zero attached hydrogens (tertiary/aromatic N) is 1. The van der Waals surface area contributed by atoms with Gasteiger partial charge in [0.15, 0.2) is 0 Å². The van der Waals surface area contributed by atoms with Gasteiger partial charge >= 0.3 is 0 Å². The molecule has 0 fully saturated rings. The molecule has 0 aliphatic carbocycles. The van der Waals surface area contributed by atoms with E-state index in [1.54, 1.807) is 29.0 Å². The van der Waals surface area contributed by atoms with Gasteiger partial charge in [-0.15, -0.1) is 0 Å². The predicted molar refractivity (Wildman–Crippen MR) is 85.6 cm³/mol. The van der Waals surface area contributed by atoms with Crippen LogP contribution in [-0.2, 0) is 23.2 Å². The highest BCUT2D eigenvalue weighted by Gasteiger charge is 2.19. The van der Waals surface area contributed by atoms with Gasteiger partial charge in [0.25, 0.3) is 10.0 Å². The number of rotatable bonds is 6. The van der Waals surface area contributed by atoms with Crippen molar-refractivity contribution in [2.45, 2.75) is 31.4 Å². The Morgan fingerprint density at radius 1 is 1.33 bits per heavy atom. The number of aliphatic hydroxyl groups is 1. The maximum atomic E-state index is 12.4. The van der Waals surface area contributed by atoms with Crippen LogP contribution in [0.2, 0.25) is 0 Å². The number of nitrogens with one attached hydrogen (secondary N) is 1. The van der Waals surface area contributed by atoms with Gasteiger partial charge in [0.05, 0.1) is 12.3 Å². The molecule has 0 unspecified atom stereocenters. The minimum absolute atomic E-state index is 0.149. The second-order valence-electron chi connectivity index (χ2n) is 4.60. The molecule has 0 bridgehead atoms. The molecular weight excluding hydrogens is 356 g/mol. The third kappa shape index (κ3) is 3.66. The molecule has 2 aromatic rings.